The Labute approximate surface area is 186 Å². The van der Waals surface area contributed by atoms with Crippen LogP contribution in [0.2, 0.25) is 0 Å². The Morgan fingerprint density at radius 2 is 1.66 bits per heavy atom. The number of hydrazone groups is 1. The Kier molecular flexibility index (Phi) is 6.90. The highest BCUT2D eigenvalue weighted by atomic mass is 16.5. The zero-order chi connectivity index (χ0) is 22.0. The van der Waals surface area contributed by atoms with Crippen molar-refractivity contribution < 1.29 is 14.3 Å². The largest absolute Gasteiger partial charge is 0.489 e. The molecule has 0 aliphatic carbocycles. The van der Waals surface area contributed by atoms with E-state index in [2.05, 4.69) is 15.5 Å². The quantitative estimate of drug-likeness (QED) is 0.324. The number of hydrogen-bond donors (Lipinski definition) is 1. The molecule has 0 spiro atoms. The average Bonchev–Trinajstić information content (AvgIpc) is 3.38. The van der Waals surface area contributed by atoms with Gasteiger partial charge < -0.3 is 14.0 Å². The van der Waals surface area contributed by atoms with Crippen LogP contribution in [0, 0.1) is 0 Å². The van der Waals surface area contributed by atoms with E-state index in [9.17, 15) is 4.79 Å². The summed E-state index contributed by atoms with van der Waals surface area (Å²) in [5.74, 6) is 0.960. The molecule has 0 aliphatic rings. The smallest absolute Gasteiger partial charge is 0.277 e. The maximum atomic E-state index is 12.0. The van der Waals surface area contributed by atoms with E-state index in [1.165, 1.54) is 0 Å². The summed E-state index contributed by atoms with van der Waals surface area (Å²) in [6.07, 6.45) is 6.90. The third-order valence-electron chi connectivity index (χ3n) is 4.54. The highest BCUT2D eigenvalue weighted by Crippen LogP contribution is 2.18. The topological polar surface area (TPSA) is 77.7 Å². The Hall–Kier alpha value is -4.39. The molecule has 3 aromatic carbocycles. The SMILES string of the molecule is O=C(COc1ccc(OCc2ccccc2)cc1)N/N=C/c1ccc(-n2ccnc2)cc1. The van der Waals surface area contributed by atoms with E-state index in [-0.39, 0.29) is 12.5 Å². The number of benzene rings is 3. The molecular weight excluding hydrogens is 404 g/mol. The first kappa shape index (κ1) is 20.9. The van der Waals surface area contributed by atoms with Crippen molar-refractivity contribution in [1.29, 1.82) is 0 Å². The van der Waals surface area contributed by atoms with E-state index in [0.717, 1.165) is 22.6 Å². The lowest BCUT2D eigenvalue weighted by Crippen LogP contribution is -2.24. The van der Waals surface area contributed by atoms with Crippen LogP contribution < -0.4 is 14.9 Å². The number of hydrogen-bond acceptors (Lipinski definition) is 5. The minimum atomic E-state index is -0.347. The molecule has 4 aromatic rings. The molecular formula is C25H22N4O3. The minimum absolute atomic E-state index is 0.138. The van der Waals surface area contributed by atoms with E-state index in [4.69, 9.17) is 9.47 Å². The van der Waals surface area contributed by atoms with Gasteiger partial charge in [0.2, 0.25) is 0 Å². The minimum Gasteiger partial charge on any atom is -0.489 e. The fourth-order valence-corrected chi connectivity index (χ4v) is 2.88. The van der Waals surface area contributed by atoms with Gasteiger partial charge in [-0.25, -0.2) is 10.4 Å². The van der Waals surface area contributed by atoms with Gasteiger partial charge in [0.1, 0.15) is 18.1 Å². The van der Waals surface area contributed by atoms with Gasteiger partial charge in [-0.05, 0) is 47.5 Å². The number of carbonyl (C=O) groups excluding carboxylic acids is 1. The molecule has 4 rings (SSSR count). The lowest BCUT2D eigenvalue weighted by atomic mass is 10.2. The summed E-state index contributed by atoms with van der Waals surface area (Å²) in [5.41, 5.74) is 5.41. The van der Waals surface area contributed by atoms with Crippen molar-refractivity contribution in [2.45, 2.75) is 6.61 Å². The van der Waals surface area contributed by atoms with Crippen molar-refractivity contribution in [2.75, 3.05) is 6.61 Å². The van der Waals surface area contributed by atoms with Gasteiger partial charge in [-0.2, -0.15) is 5.10 Å². The number of aromatic nitrogens is 2. The van der Waals surface area contributed by atoms with Crippen molar-refractivity contribution in [2.24, 2.45) is 5.10 Å². The van der Waals surface area contributed by atoms with Crippen molar-refractivity contribution in [3.8, 4) is 17.2 Å². The molecule has 1 amide bonds. The van der Waals surface area contributed by atoms with Crippen LogP contribution in [0.1, 0.15) is 11.1 Å². The molecule has 7 nitrogen and oxygen atoms in total. The van der Waals surface area contributed by atoms with E-state index in [1.807, 2.05) is 77.5 Å². The monoisotopic (exact) mass is 426 g/mol. The van der Waals surface area contributed by atoms with Crippen LogP contribution in [0.5, 0.6) is 11.5 Å². The molecule has 0 unspecified atom stereocenters. The Morgan fingerprint density at radius 3 is 2.34 bits per heavy atom. The van der Waals surface area contributed by atoms with Crippen LogP contribution in [-0.2, 0) is 11.4 Å². The molecule has 1 heterocycles. The normalized spacial score (nSPS) is 10.8. The summed E-state index contributed by atoms with van der Waals surface area (Å²) in [6.45, 7) is 0.356. The van der Waals surface area contributed by atoms with E-state index in [0.29, 0.717) is 12.4 Å². The number of carbonyl (C=O) groups is 1. The van der Waals surface area contributed by atoms with Crippen molar-refractivity contribution in [3.05, 3.63) is 109 Å². The predicted octanol–water partition coefficient (Wildman–Crippen LogP) is 3.98. The van der Waals surface area contributed by atoms with Gasteiger partial charge in [0, 0.05) is 18.1 Å². The van der Waals surface area contributed by atoms with Crippen molar-refractivity contribution in [3.63, 3.8) is 0 Å². The zero-order valence-corrected chi connectivity index (χ0v) is 17.3. The number of imidazole rings is 1. The summed E-state index contributed by atoms with van der Waals surface area (Å²) in [4.78, 5) is 16.0. The molecule has 1 N–H and O–H groups in total. The second-order valence-electron chi connectivity index (χ2n) is 6.89. The van der Waals surface area contributed by atoms with Gasteiger partial charge in [0.05, 0.1) is 12.5 Å². The summed E-state index contributed by atoms with van der Waals surface area (Å²) < 4.78 is 13.1. The molecule has 160 valence electrons. The van der Waals surface area contributed by atoms with Gasteiger partial charge in [-0.3, -0.25) is 4.79 Å². The molecule has 0 saturated carbocycles. The number of nitrogens with one attached hydrogen (secondary N) is 1. The van der Waals surface area contributed by atoms with Gasteiger partial charge in [0.25, 0.3) is 5.91 Å². The van der Waals surface area contributed by atoms with Gasteiger partial charge in [-0.1, -0.05) is 42.5 Å². The van der Waals surface area contributed by atoms with E-state index >= 15 is 0 Å². The van der Waals surface area contributed by atoms with Crippen LogP contribution in [0.4, 0.5) is 0 Å². The van der Waals surface area contributed by atoms with E-state index in [1.54, 1.807) is 30.9 Å². The van der Waals surface area contributed by atoms with Crippen LogP contribution in [0.15, 0.2) is 103 Å². The Balaban J connectivity index is 1.19. The predicted molar refractivity (Wildman–Crippen MR) is 122 cm³/mol. The number of nitrogens with zero attached hydrogens (tertiary/aromatic N) is 3. The van der Waals surface area contributed by atoms with Gasteiger partial charge >= 0.3 is 0 Å². The summed E-state index contributed by atoms with van der Waals surface area (Å²) in [5, 5.41) is 3.97. The Morgan fingerprint density at radius 1 is 0.938 bits per heavy atom. The third kappa shape index (κ3) is 6.06. The molecule has 32 heavy (non-hydrogen) atoms. The standard InChI is InChI=1S/C25H22N4O3/c30-25(28-27-16-20-6-8-22(9-7-20)29-15-14-26-19-29)18-32-24-12-10-23(11-13-24)31-17-21-4-2-1-3-5-21/h1-16,19H,17-18H2,(H,28,30)/b27-16+. The zero-order valence-electron chi connectivity index (χ0n) is 17.3. The first-order valence-corrected chi connectivity index (χ1v) is 10.1. The van der Waals surface area contributed by atoms with Gasteiger partial charge in [0.15, 0.2) is 6.61 Å². The van der Waals surface area contributed by atoms with Crippen LogP contribution in [0.3, 0.4) is 0 Å². The second-order valence-corrected chi connectivity index (χ2v) is 6.89. The van der Waals surface area contributed by atoms with Crippen molar-refractivity contribution in [1.82, 2.24) is 15.0 Å². The molecule has 7 heteroatoms. The molecule has 0 fully saturated rings. The molecule has 0 radical (unpaired) electrons. The fourth-order valence-electron chi connectivity index (χ4n) is 2.88. The number of amides is 1. The fraction of sp³-hybridized carbons (Fsp3) is 0.0800. The molecule has 0 saturated heterocycles. The lowest BCUT2D eigenvalue weighted by molar-refractivity contribution is -0.123. The van der Waals surface area contributed by atoms with Gasteiger partial charge in [-0.15, -0.1) is 0 Å². The molecule has 1 aromatic heterocycles. The molecule has 0 aliphatic heterocycles. The van der Waals surface area contributed by atoms with Crippen LogP contribution in [0.25, 0.3) is 5.69 Å². The highest BCUT2D eigenvalue weighted by Gasteiger charge is 2.03. The highest BCUT2D eigenvalue weighted by molar-refractivity contribution is 5.83. The summed E-state index contributed by atoms with van der Waals surface area (Å²) in [6, 6.07) is 24.8. The number of ether oxygens (including phenoxy) is 2. The number of rotatable bonds is 9. The molecule has 0 atom stereocenters. The van der Waals surface area contributed by atoms with Crippen LogP contribution >= 0.6 is 0 Å². The maximum Gasteiger partial charge on any atom is 0.277 e. The molecule has 0 bridgehead atoms. The Bertz CT molecular complexity index is 1140. The third-order valence-corrected chi connectivity index (χ3v) is 4.54. The second kappa shape index (κ2) is 10.6. The van der Waals surface area contributed by atoms with Crippen LogP contribution in [-0.4, -0.2) is 28.3 Å². The first-order valence-electron chi connectivity index (χ1n) is 10.1. The summed E-state index contributed by atoms with van der Waals surface area (Å²) in [7, 11) is 0. The van der Waals surface area contributed by atoms with E-state index < -0.39 is 0 Å². The lowest BCUT2D eigenvalue weighted by Gasteiger charge is -2.08. The maximum absolute atomic E-state index is 12.0. The summed E-state index contributed by atoms with van der Waals surface area (Å²) >= 11 is 0. The van der Waals surface area contributed by atoms with Crippen molar-refractivity contribution >= 4 is 12.1 Å². The first-order chi connectivity index (χ1) is 15.8. The average molecular weight is 426 g/mol.